The third kappa shape index (κ3) is 3.84. The molecule has 0 amide bonds. The van der Waals surface area contributed by atoms with E-state index in [1.54, 1.807) is 0 Å². The van der Waals surface area contributed by atoms with Gasteiger partial charge in [0, 0.05) is 22.1 Å². The molecule has 0 N–H and O–H groups in total. The topological polar surface area (TPSA) is 38.7 Å². The summed E-state index contributed by atoms with van der Waals surface area (Å²) in [5.74, 6) is 0.670. The van der Waals surface area contributed by atoms with Gasteiger partial charge in [-0.15, -0.1) is 0 Å². The van der Waals surface area contributed by atoms with E-state index in [-0.39, 0.29) is 0 Å². The summed E-state index contributed by atoms with van der Waals surface area (Å²) in [6, 6.07) is 43.3. The number of rotatable bonds is 4. The van der Waals surface area contributed by atoms with E-state index in [2.05, 4.69) is 78.9 Å². The second-order valence-electron chi connectivity index (χ2n) is 8.14. The van der Waals surface area contributed by atoms with Crippen LogP contribution >= 0.6 is 0 Å². The van der Waals surface area contributed by atoms with E-state index < -0.39 is 0 Å². The Morgan fingerprint density at radius 2 is 0.882 bits per heavy atom. The minimum Gasteiger partial charge on any atom is -0.228 e. The van der Waals surface area contributed by atoms with Gasteiger partial charge in [-0.2, -0.15) is 0 Å². The normalized spacial score (nSPS) is 10.9. The largest absolute Gasteiger partial charge is 0.228 e. The summed E-state index contributed by atoms with van der Waals surface area (Å²) in [4.78, 5) is 14.8. The molecular formula is C31H21N3. The van der Waals surface area contributed by atoms with Gasteiger partial charge in [-0.05, 0) is 23.3 Å². The fourth-order valence-corrected chi connectivity index (χ4v) is 4.17. The van der Waals surface area contributed by atoms with Gasteiger partial charge in [-0.3, -0.25) is 0 Å². The van der Waals surface area contributed by atoms with Crippen LogP contribution in [-0.2, 0) is 0 Å². The van der Waals surface area contributed by atoms with Crippen LogP contribution in [0.2, 0.25) is 0 Å². The van der Waals surface area contributed by atoms with Crippen molar-refractivity contribution < 1.29 is 0 Å². The molecule has 34 heavy (non-hydrogen) atoms. The van der Waals surface area contributed by atoms with Gasteiger partial charge in [-0.1, -0.05) is 115 Å². The van der Waals surface area contributed by atoms with Crippen molar-refractivity contribution in [2.45, 2.75) is 0 Å². The van der Waals surface area contributed by atoms with Crippen LogP contribution in [-0.4, -0.2) is 15.0 Å². The second kappa shape index (κ2) is 8.72. The Kier molecular flexibility index (Phi) is 5.13. The molecule has 0 bridgehead atoms. The zero-order valence-corrected chi connectivity index (χ0v) is 18.5. The van der Waals surface area contributed by atoms with E-state index in [4.69, 9.17) is 15.0 Å². The molecular weight excluding hydrogens is 414 g/mol. The molecule has 4 aromatic carbocycles. The molecule has 6 rings (SSSR count). The lowest BCUT2D eigenvalue weighted by Crippen LogP contribution is -1.98. The Hall–Kier alpha value is -4.63. The van der Waals surface area contributed by atoms with Gasteiger partial charge < -0.3 is 0 Å². The molecule has 0 saturated heterocycles. The number of hydrogen-bond donors (Lipinski definition) is 0. The van der Waals surface area contributed by atoms with Crippen molar-refractivity contribution in [3.8, 4) is 45.0 Å². The summed E-state index contributed by atoms with van der Waals surface area (Å²) in [5, 5.41) is 0.940. The van der Waals surface area contributed by atoms with Gasteiger partial charge in [0.1, 0.15) is 0 Å². The van der Waals surface area contributed by atoms with Crippen molar-refractivity contribution in [1.82, 2.24) is 15.0 Å². The molecule has 0 radical (unpaired) electrons. The van der Waals surface area contributed by atoms with Crippen LogP contribution in [0.3, 0.4) is 0 Å². The van der Waals surface area contributed by atoms with Gasteiger partial charge in [0.25, 0.3) is 0 Å². The first-order valence-corrected chi connectivity index (χ1v) is 11.3. The lowest BCUT2D eigenvalue weighted by Gasteiger charge is -2.11. The number of pyridine rings is 1. The first-order valence-electron chi connectivity index (χ1n) is 11.3. The van der Waals surface area contributed by atoms with Crippen LogP contribution in [0.1, 0.15) is 0 Å². The Balaban J connectivity index is 1.51. The zero-order chi connectivity index (χ0) is 22.7. The Labute approximate surface area is 198 Å². The summed E-state index contributed by atoms with van der Waals surface area (Å²) >= 11 is 0. The van der Waals surface area contributed by atoms with Crippen molar-refractivity contribution in [3.05, 3.63) is 127 Å². The molecule has 0 aliphatic heterocycles. The molecule has 3 heteroatoms. The highest BCUT2D eigenvalue weighted by Crippen LogP contribution is 2.31. The molecule has 2 heterocycles. The molecule has 0 unspecified atom stereocenters. The number of hydrogen-bond acceptors (Lipinski definition) is 3. The molecule has 2 aromatic heterocycles. The standard InChI is InChI=1S/C31H21N3/c1-4-10-22(11-5-1)23-16-18-26(19-17-23)30-33-29(25-14-8-3-9-15-25)27-20-21-28(32-31(27)34-30)24-12-6-2-7-13-24/h1-21H. The number of benzene rings is 4. The molecule has 0 atom stereocenters. The molecule has 0 saturated carbocycles. The quantitative estimate of drug-likeness (QED) is 0.285. The van der Waals surface area contributed by atoms with Gasteiger partial charge in [0.05, 0.1) is 11.4 Å². The van der Waals surface area contributed by atoms with Crippen molar-refractivity contribution in [2.75, 3.05) is 0 Å². The highest BCUT2D eigenvalue weighted by molar-refractivity contribution is 5.92. The predicted molar refractivity (Wildman–Crippen MR) is 139 cm³/mol. The Morgan fingerprint density at radius 1 is 0.353 bits per heavy atom. The van der Waals surface area contributed by atoms with Crippen molar-refractivity contribution >= 4 is 11.0 Å². The third-order valence-electron chi connectivity index (χ3n) is 5.93. The van der Waals surface area contributed by atoms with Crippen LogP contribution in [0.5, 0.6) is 0 Å². The average Bonchev–Trinajstić information content (AvgIpc) is 2.93. The molecule has 160 valence electrons. The zero-order valence-electron chi connectivity index (χ0n) is 18.5. The van der Waals surface area contributed by atoms with E-state index >= 15 is 0 Å². The highest BCUT2D eigenvalue weighted by atomic mass is 15.0. The minimum absolute atomic E-state index is 0.670. The smallest absolute Gasteiger partial charge is 0.164 e. The van der Waals surface area contributed by atoms with Crippen LogP contribution in [0, 0.1) is 0 Å². The summed E-state index contributed by atoms with van der Waals surface area (Å²) in [7, 11) is 0. The fourth-order valence-electron chi connectivity index (χ4n) is 4.17. The van der Waals surface area contributed by atoms with Gasteiger partial charge >= 0.3 is 0 Å². The molecule has 6 aromatic rings. The van der Waals surface area contributed by atoms with E-state index in [1.807, 2.05) is 48.5 Å². The highest BCUT2D eigenvalue weighted by Gasteiger charge is 2.13. The van der Waals surface area contributed by atoms with Gasteiger partial charge in [0.15, 0.2) is 11.5 Å². The van der Waals surface area contributed by atoms with E-state index in [9.17, 15) is 0 Å². The van der Waals surface area contributed by atoms with Crippen molar-refractivity contribution in [2.24, 2.45) is 0 Å². The van der Waals surface area contributed by atoms with Crippen LogP contribution in [0.25, 0.3) is 56.1 Å². The van der Waals surface area contributed by atoms with Gasteiger partial charge in [-0.25, -0.2) is 15.0 Å². The minimum atomic E-state index is 0.670. The van der Waals surface area contributed by atoms with Gasteiger partial charge in [0.2, 0.25) is 0 Å². The Morgan fingerprint density at radius 3 is 1.53 bits per heavy atom. The second-order valence-corrected chi connectivity index (χ2v) is 8.14. The summed E-state index contributed by atoms with van der Waals surface area (Å²) in [6.07, 6.45) is 0. The molecule has 3 nitrogen and oxygen atoms in total. The maximum absolute atomic E-state index is 5.00. The van der Waals surface area contributed by atoms with Crippen molar-refractivity contribution in [3.63, 3.8) is 0 Å². The maximum Gasteiger partial charge on any atom is 0.164 e. The third-order valence-corrected chi connectivity index (χ3v) is 5.93. The molecule has 0 fully saturated rings. The van der Waals surface area contributed by atoms with Crippen molar-refractivity contribution in [1.29, 1.82) is 0 Å². The van der Waals surface area contributed by atoms with E-state index in [0.29, 0.717) is 11.5 Å². The Bertz CT molecular complexity index is 1560. The monoisotopic (exact) mass is 435 g/mol. The first-order chi connectivity index (χ1) is 16.8. The van der Waals surface area contributed by atoms with E-state index in [0.717, 1.165) is 39.0 Å². The average molecular weight is 436 g/mol. The van der Waals surface area contributed by atoms with Crippen LogP contribution < -0.4 is 0 Å². The number of fused-ring (bicyclic) bond motifs is 1. The van der Waals surface area contributed by atoms with Crippen LogP contribution in [0.4, 0.5) is 0 Å². The fraction of sp³-hybridized carbons (Fsp3) is 0. The predicted octanol–water partition coefficient (Wildman–Crippen LogP) is 7.69. The number of nitrogens with zero attached hydrogens (tertiary/aromatic N) is 3. The van der Waals surface area contributed by atoms with E-state index in [1.165, 1.54) is 5.56 Å². The first kappa shape index (κ1) is 20.0. The molecule has 0 aliphatic rings. The summed E-state index contributed by atoms with van der Waals surface area (Å²) in [5.41, 5.74) is 7.91. The lowest BCUT2D eigenvalue weighted by atomic mass is 10.0. The SMILES string of the molecule is c1ccc(-c2ccc(-c3nc(-c4ccccc4)c4ccc(-c5ccccc5)nc4n3)cc2)cc1. The summed E-state index contributed by atoms with van der Waals surface area (Å²) in [6.45, 7) is 0. The molecule has 0 aliphatic carbocycles. The molecule has 0 spiro atoms. The summed E-state index contributed by atoms with van der Waals surface area (Å²) < 4.78 is 0. The maximum atomic E-state index is 5.00. The van der Waals surface area contributed by atoms with Crippen LogP contribution in [0.15, 0.2) is 127 Å². The lowest BCUT2D eigenvalue weighted by molar-refractivity contribution is 1.19. The number of aromatic nitrogens is 3.